The minimum absolute atomic E-state index is 0.176. The van der Waals surface area contributed by atoms with Gasteiger partial charge in [0.25, 0.3) is 0 Å². The van der Waals surface area contributed by atoms with E-state index in [1.54, 1.807) is 17.3 Å². The van der Waals surface area contributed by atoms with Crippen molar-refractivity contribution in [1.82, 2.24) is 14.8 Å². The van der Waals surface area contributed by atoms with E-state index in [1.807, 2.05) is 81.1 Å². The van der Waals surface area contributed by atoms with Crippen LogP contribution in [-0.4, -0.2) is 52.6 Å². The summed E-state index contributed by atoms with van der Waals surface area (Å²) in [5.41, 5.74) is 6.53. The van der Waals surface area contributed by atoms with Crippen molar-refractivity contribution in [3.63, 3.8) is 0 Å². The van der Waals surface area contributed by atoms with Crippen molar-refractivity contribution in [2.24, 2.45) is 0 Å². The Balaban J connectivity index is 1.26. The van der Waals surface area contributed by atoms with Gasteiger partial charge in [-0.2, -0.15) is 0 Å². The van der Waals surface area contributed by atoms with E-state index in [0.29, 0.717) is 19.6 Å². The first-order valence-corrected chi connectivity index (χ1v) is 16.9. The summed E-state index contributed by atoms with van der Waals surface area (Å²) < 4.78 is 5.80. The molecular weight excluding hydrogens is 598 g/mol. The average Bonchev–Trinajstić information content (AvgIpc) is 3.08. The van der Waals surface area contributed by atoms with Gasteiger partial charge >= 0.3 is 12.1 Å². The maximum absolute atomic E-state index is 13.5. The van der Waals surface area contributed by atoms with Crippen molar-refractivity contribution >= 4 is 23.5 Å². The molecular formula is C40H49N5O3. The first-order valence-electron chi connectivity index (χ1n) is 16.9. The van der Waals surface area contributed by atoms with Crippen LogP contribution in [0.2, 0.25) is 0 Å². The molecule has 48 heavy (non-hydrogen) atoms. The van der Waals surface area contributed by atoms with Gasteiger partial charge in [-0.05, 0) is 91.8 Å². The van der Waals surface area contributed by atoms with Gasteiger partial charge in [0, 0.05) is 63.5 Å². The molecule has 0 unspecified atom stereocenters. The largest absolute Gasteiger partial charge is 0.444 e. The molecule has 1 aliphatic rings. The molecule has 1 N–H and O–H groups in total. The Bertz CT molecular complexity index is 1610. The molecule has 8 nitrogen and oxygen atoms in total. The monoisotopic (exact) mass is 647 g/mol. The molecule has 0 spiro atoms. The van der Waals surface area contributed by atoms with Crippen molar-refractivity contribution in [2.75, 3.05) is 24.3 Å². The Morgan fingerprint density at radius 2 is 1.35 bits per heavy atom. The van der Waals surface area contributed by atoms with Crippen LogP contribution in [0.4, 0.5) is 21.0 Å². The van der Waals surface area contributed by atoms with Gasteiger partial charge in [-0.3, -0.25) is 4.98 Å². The highest BCUT2D eigenvalue weighted by Crippen LogP contribution is 2.28. The lowest BCUT2D eigenvalue weighted by Gasteiger charge is -2.35. The molecule has 1 fully saturated rings. The summed E-state index contributed by atoms with van der Waals surface area (Å²) in [7, 11) is 3.98. The van der Waals surface area contributed by atoms with Crippen LogP contribution in [-0.2, 0) is 24.4 Å². The number of rotatable bonds is 10. The fraction of sp³-hybridized carbons (Fsp3) is 0.375. The van der Waals surface area contributed by atoms with E-state index in [1.165, 1.54) is 6.42 Å². The van der Waals surface area contributed by atoms with E-state index in [4.69, 9.17) is 4.74 Å². The van der Waals surface area contributed by atoms with Crippen molar-refractivity contribution in [2.45, 2.75) is 84.2 Å². The molecule has 0 aliphatic heterocycles. The molecule has 0 radical (unpaired) electrons. The van der Waals surface area contributed by atoms with Gasteiger partial charge in [-0.25, -0.2) is 9.59 Å². The molecule has 8 heteroatoms. The third kappa shape index (κ3) is 9.83. The van der Waals surface area contributed by atoms with Crippen molar-refractivity contribution in [3.8, 4) is 11.1 Å². The van der Waals surface area contributed by atoms with E-state index in [2.05, 4.69) is 58.8 Å². The summed E-state index contributed by atoms with van der Waals surface area (Å²) in [6.07, 6.45) is 8.87. The number of carbonyl (C=O) groups is 2. The predicted octanol–water partition coefficient (Wildman–Crippen LogP) is 9.12. The fourth-order valence-corrected chi connectivity index (χ4v) is 6.04. The second kappa shape index (κ2) is 15.8. The van der Waals surface area contributed by atoms with Crippen LogP contribution in [0.15, 0.2) is 97.3 Å². The van der Waals surface area contributed by atoms with Gasteiger partial charge in [0.05, 0.1) is 0 Å². The Kier molecular flexibility index (Phi) is 11.4. The molecule has 0 saturated heterocycles. The number of nitrogens with one attached hydrogen (secondary N) is 1. The highest BCUT2D eigenvalue weighted by Gasteiger charge is 2.29. The van der Waals surface area contributed by atoms with Crippen LogP contribution < -0.4 is 10.2 Å². The number of amides is 3. The molecule has 1 heterocycles. The topological polar surface area (TPSA) is 78.0 Å². The minimum Gasteiger partial charge on any atom is -0.444 e. The lowest BCUT2D eigenvalue weighted by molar-refractivity contribution is 0.00988. The molecule has 0 bridgehead atoms. The van der Waals surface area contributed by atoms with E-state index in [0.717, 1.165) is 64.9 Å². The average molecular weight is 648 g/mol. The highest BCUT2D eigenvalue weighted by atomic mass is 16.6. The van der Waals surface area contributed by atoms with E-state index < -0.39 is 5.60 Å². The lowest BCUT2D eigenvalue weighted by Crippen LogP contribution is -2.43. The van der Waals surface area contributed by atoms with E-state index in [-0.39, 0.29) is 18.2 Å². The number of hydrogen-bond acceptors (Lipinski definition) is 5. The standard InChI is InChI=1S/C40H49N5O3/c1-40(2,3)48-39(47)45(37-11-7-6-8-12-37)29-31-15-19-34(20-16-31)33-17-13-30(14-18-33)27-44(28-32-10-9-25-41-26-32)38(46)42-35-21-23-36(24-22-35)43(4)5/h9-10,13-26,37H,6-8,11-12,27-29H2,1-5H3,(H,42,46). The number of benzene rings is 3. The maximum atomic E-state index is 13.5. The Hall–Kier alpha value is -4.85. The molecule has 1 saturated carbocycles. The highest BCUT2D eigenvalue weighted by molar-refractivity contribution is 5.89. The number of ether oxygens (including phenoxy) is 1. The Morgan fingerprint density at radius 3 is 1.90 bits per heavy atom. The van der Waals surface area contributed by atoms with Gasteiger partial charge in [0.2, 0.25) is 0 Å². The first kappa shape index (κ1) is 34.5. The van der Waals surface area contributed by atoms with Crippen molar-refractivity contribution in [1.29, 1.82) is 0 Å². The van der Waals surface area contributed by atoms with Gasteiger partial charge < -0.3 is 24.8 Å². The Labute approximate surface area is 285 Å². The van der Waals surface area contributed by atoms with Crippen molar-refractivity contribution < 1.29 is 14.3 Å². The molecule has 0 atom stereocenters. The molecule has 1 aliphatic carbocycles. The molecule has 5 rings (SSSR count). The van der Waals surface area contributed by atoms with E-state index in [9.17, 15) is 9.59 Å². The second-order valence-corrected chi connectivity index (χ2v) is 13.9. The van der Waals surface area contributed by atoms with Crippen LogP contribution in [0.3, 0.4) is 0 Å². The van der Waals surface area contributed by atoms with Crippen molar-refractivity contribution in [3.05, 3.63) is 114 Å². The molecule has 3 aromatic carbocycles. The van der Waals surface area contributed by atoms with Gasteiger partial charge in [0.1, 0.15) is 5.60 Å². The summed E-state index contributed by atoms with van der Waals surface area (Å²) in [5, 5.41) is 3.06. The number of hydrogen-bond donors (Lipinski definition) is 1. The molecule has 3 amide bonds. The predicted molar refractivity (Wildman–Crippen MR) is 194 cm³/mol. The summed E-state index contributed by atoms with van der Waals surface area (Å²) >= 11 is 0. The zero-order chi connectivity index (χ0) is 34.1. The fourth-order valence-electron chi connectivity index (χ4n) is 6.04. The molecule has 252 valence electrons. The third-order valence-corrected chi connectivity index (χ3v) is 8.63. The number of urea groups is 1. The number of nitrogens with zero attached hydrogens (tertiary/aromatic N) is 4. The quantitative estimate of drug-likeness (QED) is 0.186. The zero-order valence-electron chi connectivity index (χ0n) is 29.0. The van der Waals surface area contributed by atoms with Gasteiger partial charge in [-0.15, -0.1) is 0 Å². The van der Waals surface area contributed by atoms with E-state index >= 15 is 0 Å². The van der Waals surface area contributed by atoms with Crippen LogP contribution in [0.1, 0.15) is 69.6 Å². The van der Waals surface area contributed by atoms with Crippen LogP contribution in [0.25, 0.3) is 11.1 Å². The zero-order valence-corrected chi connectivity index (χ0v) is 29.0. The SMILES string of the molecule is CN(C)c1ccc(NC(=O)N(Cc2ccc(-c3ccc(CN(C(=O)OC(C)(C)C)C4CCCCC4)cc3)cc2)Cc2cccnc2)cc1. The number of carbonyl (C=O) groups excluding carboxylic acids is 2. The maximum Gasteiger partial charge on any atom is 0.410 e. The van der Waals surface area contributed by atoms with Gasteiger partial charge in [-0.1, -0.05) is 73.9 Å². The number of anilines is 2. The van der Waals surface area contributed by atoms with Crippen LogP contribution >= 0.6 is 0 Å². The summed E-state index contributed by atoms with van der Waals surface area (Å²) in [5.74, 6) is 0. The first-order chi connectivity index (χ1) is 23.0. The summed E-state index contributed by atoms with van der Waals surface area (Å²) in [6, 6.07) is 28.5. The smallest absolute Gasteiger partial charge is 0.410 e. The molecule has 1 aromatic heterocycles. The van der Waals surface area contributed by atoms with Crippen LogP contribution in [0.5, 0.6) is 0 Å². The van der Waals surface area contributed by atoms with Gasteiger partial charge in [0.15, 0.2) is 0 Å². The Morgan fingerprint density at radius 1 is 0.771 bits per heavy atom. The summed E-state index contributed by atoms with van der Waals surface area (Å²) in [4.78, 5) is 36.7. The summed E-state index contributed by atoms with van der Waals surface area (Å²) in [6.45, 7) is 7.16. The van der Waals surface area contributed by atoms with Crippen LogP contribution in [0, 0.1) is 0 Å². The normalized spacial score (nSPS) is 13.4. The second-order valence-electron chi connectivity index (χ2n) is 13.9. The molecule has 4 aromatic rings. The minimum atomic E-state index is -0.530. The third-order valence-electron chi connectivity index (χ3n) is 8.63. The number of aromatic nitrogens is 1. The lowest BCUT2D eigenvalue weighted by atomic mass is 9.94. The number of pyridine rings is 1.